The van der Waals surface area contributed by atoms with E-state index in [1.807, 2.05) is 38.2 Å². The molecule has 0 aliphatic carbocycles. The van der Waals surface area contributed by atoms with Crippen LogP contribution in [0.25, 0.3) is 33.3 Å². The largest absolute Gasteiger partial charge is 0.508 e. The fraction of sp³-hybridized carbons (Fsp3) is 0.500. The van der Waals surface area contributed by atoms with Crippen molar-refractivity contribution in [3.8, 4) is 28.1 Å². The lowest BCUT2D eigenvalue weighted by Gasteiger charge is -2.42. The number of hydrogen-bond acceptors (Lipinski definition) is 9. The number of pyridine rings is 1. The Morgan fingerprint density at radius 1 is 1.10 bits per heavy atom. The van der Waals surface area contributed by atoms with Gasteiger partial charge in [-0.25, -0.2) is 5.43 Å². The first-order chi connectivity index (χ1) is 28.3. The molecule has 4 aromatic rings. The predicted molar refractivity (Wildman–Crippen MR) is 225 cm³/mol. The number of carbonyl (C=O) groups is 4. The van der Waals surface area contributed by atoms with E-state index in [-0.39, 0.29) is 30.6 Å². The lowest BCUT2D eigenvalue weighted by molar-refractivity contribution is -0.148. The minimum atomic E-state index is -1.17. The molecular weight excluding hydrogens is 749 g/mol. The molecule has 3 atom stereocenters. The number of phenolic OH excluding ortho intramolecular Hbond substituents is 1. The number of amides is 3. The number of nitrogens with zero attached hydrogens (tertiary/aromatic N) is 4. The topological polar surface area (TPSA) is 155 Å². The van der Waals surface area contributed by atoms with Crippen LogP contribution >= 0.6 is 0 Å². The number of carbonyl (C=O) groups excluding carboxylic acids is 4. The first kappa shape index (κ1) is 42.0. The highest BCUT2D eigenvalue weighted by Crippen LogP contribution is 2.41. The summed E-state index contributed by atoms with van der Waals surface area (Å²) in [6, 6.07) is 11.8. The number of phenols is 1. The van der Waals surface area contributed by atoms with E-state index in [2.05, 4.69) is 53.2 Å². The van der Waals surface area contributed by atoms with E-state index in [1.54, 1.807) is 30.3 Å². The SMILES string of the molecule is CCn1c(-c2cnccc2COC)c2c3cc(ccc31)-c1cc(O)cc(c1)C[C@H](NC(=O)[C@H](C(C)C)N1CCCC1=O)C(=O)N1CCCC(C=O)(COCC(C)(C)C2)N1. The van der Waals surface area contributed by atoms with Gasteiger partial charge in [-0.3, -0.25) is 24.4 Å². The second kappa shape index (κ2) is 17.2. The summed E-state index contributed by atoms with van der Waals surface area (Å²) >= 11 is 0. The van der Waals surface area contributed by atoms with Crippen LogP contribution in [-0.2, 0) is 54.6 Å². The van der Waals surface area contributed by atoms with Crippen molar-refractivity contribution < 1.29 is 33.8 Å². The van der Waals surface area contributed by atoms with Crippen LogP contribution in [-0.4, -0.2) is 99.6 Å². The minimum Gasteiger partial charge on any atom is -0.508 e. The van der Waals surface area contributed by atoms with Crippen LogP contribution in [0.1, 0.15) is 77.0 Å². The second-order valence-electron chi connectivity index (χ2n) is 17.6. The van der Waals surface area contributed by atoms with Gasteiger partial charge in [-0.15, -0.1) is 0 Å². The number of benzene rings is 2. The number of ether oxygens (including phenoxy) is 2. The molecule has 1 unspecified atom stereocenters. The average Bonchev–Trinajstić information content (AvgIpc) is 3.76. The third kappa shape index (κ3) is 8.64. The lowest BCUT2D eigenvalue weighted by Crippen LogP contribution is -2.66. The number of hydrogen-bond donors (Lipinski definition) is 3. The van der Waals surface area contributed by atoms with Gasteiger partial charge in [0.2, 0.25) is 11.8 Å². The molecule has 314 valence electrons. The van der Waals surface area contributed by atoms with Crippen LogP contribution < -0.4 is 10.7 Å². The van der Waals surface area contributed by atoms with E-state index in [0.29, 0.717) is 70.5 Å². The number of aldehydes is 1. The quantitative estimate of drug-likeness (QED) is 0.184. The molecule has 2 fully saturated rings. The van der Waals surface area contributed by atoms with Crippen LogP contribution in [0.2, 0.25) is 0 Å². The average molecular weight is 807 g/mol. The molecule has 3 aliphatic heterocycles. The number of rotatable bonds is 9. The number of fused-ring (bicyclic) bond motifs is 6. The molecule has 59 heavy (non-hydrogen) atoms. The number of aromatic nitrogens is 2. The molecule has 3 N–H and O–H groups in total. The molecule has 3 aliphatic rings. The maximum atomic E-state index is 14.6. The van der Waals surface area contributed by atoms with Crippen molar-refractivity contribution in [3.05, 3.63) is 71.5 Å². The molecule has 2 saturated heterocycles. The normalized spacial score (nSPS) is 21.8. The Balaban J connectivity index is 1.37. The van der Waals surface area contributed by atoms with Crippen molar-refractivity contribution in [2.45, 2.75) is 104 Å². The van der Waals surface area contributed by atoms with Gasteiger partial charge in [0.25, 0.3) is 5.91 Å². The van der Waals surface area contributed by atoms with Crippen molar-refractivity contribution in [3.63, 3.8) is 0 Å². The van der Waals surface area contributed by atoms with Gasteiger partial charge >= 0.3 is 0 Å². The number of likely N-dealkylation sites (tertiary alicyclic amines) is 1. The molecule has 0 radical (unpaired) electrons. The van der Waals surface area contributed by atoms with Gasteiger partial charge < -0.3 is 34.2 Å². The highest BCUT2D eigenvalue weighted by Gasteiger charge is 2.42. The summed E-state index contributed by atoms with van der Waals surface area (Å²) in [5, 5.41) is 16.7. The molecule has 13 heteroatoms. The van der Waals surface area contributed by atoms with E-state index in [9.17, 15) is 24.3 Å². The molecule has 7 rings (SSSR count). The summed E-state index contributed by atoms with van der Waals surface area (Å²) in [7, 11) is 1.69. The van der Waals surface area contributed by atoms with Gasteiger partial charge in [0.15, 0.2) is 0 Å². The molecule has 0 saturated carbocycles. The number of aryl methyl sites for hydroxylation is 1. The molecule has 0 spiro atoms. The molecule has 2 aromatic carbocycles. The Morgan fingerprint density at radius 3 is 2.63 bits per heavy atom. The van der Waals surface area contributed by atoms with Crippen molar-refractivity contribution in [2.24, 2.45) is 11.3 Å². The molecule has 13 nitrogen and oxygen atoms in total. The zero-order valence-electron chi connectivity index (χ0n) is 35.2. The van der Waals surface area contributed by atoms with Gasteiger partial charge in [-0.05, 0) is 102 Å². The maximum Gasteiger partial charge on any atom is 0.259 e. The first-order valence-electron chi connectivity index (χ1n) is 20.9. The smallest absolute Gasteiger partial charge is 0.259 e. The Labute approximate surface area is 346 Å². The summed E-state index contributed by atoms with van der Waals surface area (Å²) in [6.45, 7) is 12.5. The fourth-order valence-corrected chi connectivity index (χ4v) is 9.30. The zero-order valence-corrected chi connectivity index (χ0v) is 35.2. The number of nitrogens with one attached hydrogen (secondary N) is 2. The summed E-state index contributed by atoms with van der Waals surface area (Å²) in [6.07, 6.45) is 7.24. The van der Waals surface area contributed by atoms with Gasteiger partial charge in [0.05, 0.1) is 25.5 Å². The molecule has 6 bridgehead atoms. The predicted octanol–water partition coefficient (Wildman–Crippen LogP) is 5.58. The minimum absolute atomic E-state index is 0.0215. The van der Waals surface area contributed by atoms with E-state index in [0.717, 1.165) is 50.7 Å². The van der Waals surface area contributed by atoms with E-state index >= 15 is 0 Å². The number of aromatic hydroxyl groups is 1. The fourth-order valence-electron chi connectivity index (χ4n) is 9.30. The zero-order chi connectivity index (χ0) is 42.1. The van der Waals surface area contributed by atoms with E-state index < -0.39 is 34.9 Å². The highest BCUT2D eigenvalue weighted by molar-refractivity contribution is 5.96. The van der Waals surface area contributed by atoms with Crippen molar-refractivity contribution in [2.75, 3.05) is 33.4 Å². The first-order valence-corrected chi connectivity index (χ1v) is 20.9. The maximum absolute atomic E-state index is 14.6. The Morgan fingerprint density at radius 2 is 1.92 bits per heavy atom. The van der Waals surface area contributed by atoms with Crippen LogP contribution in [0.3, 0.4) is 0 Å². The Hall–Kier alpha value is -5.11. The van der Waals surface area contributed by atoms with Crippen molar-refractivity contribution in [1.29, 1.82) is 0 Å². The third-order valence-electron chi connectivity index (χ3n) is 12.0. The van der Waals surface area contributed by atoms with Crippen molar-refractivity contribution >= 4 is 34.9 Å². The number of methoxy groups -OCH3 is 1. The standard InChI is InChI=1S/C46H58N6O7/c1-7-50-39-12-11-31-22-35(39)36(42(50)37-24-47-15-13-32(37)25-58-6)23-45(4,5)27-59-28-46(26-53)14-9-17-52(49-46)44(57)38(20-30-18-33(31)21-34(54)19-30)48-43(56)41(29(2)3)51-16-8-10-40(51)55/h11-13,15,18-19,21-22,24,26,29,38,41,49,54H,7-10,14,16-17,20,23,25,27-28H2,1-6H3,(H,48,56)/t38-,41-,46?/m0/s1. The van der Waals surface area contributed by atoms with E-state index in [4.69, 9.17) is 9.47 Å². The van der Waals surface area contributed by atoms with Gasteiger partial charge in [0, 0.05) is 68.4 Å². The Kier molecular flexibility index (Phi) is 12.3. The van der Waals surface area contributed by atoms with Gasteiger partial charge in [0.1, 0.15) is 29.7 Å². The molecule has 3 amide bonds. The third-order valence-corrected chi connectivity index (χ3v) is 12.0. The monoisotopic (exact) mass is 806 g/mol. The van der Waals surface area contributed by atoms with Gasteiger partial charge in [-0.1, -0.05) is 39.8 Å². The summed E-state index contributed by atoms with van der Waals surface area (Å²) in [5.74, 6) is -1.11. The summed E-state index contributed by atoms with van der Waals surface area (Å²) in [4.78, 5) is 60.8. The Bertz CT molecular complexity index is 2230. The van der Waals surface area contributed by atoms with Gasteiger partial charge in [-0.2, -0.15) is 0 Å². The summed E-state index contributed by atoms with van der Waals surface area (Å²) in [5.41, 5.74) is 9.14. The van der Waals surface area contributed by atoms with Crippen molar-refractivity contribution in [1.82, 2.24) is 30.2 Å². The molecule has 5 heterocycles. The van der Waals surface area contributed by atoms with Crippen LogP contribution in [0.15, 0.2) is 54.9 Å². The lowest BCUT2D eigenvalue weighted by atomic mass is 9.84. The molecular formula is C46H58N6O7. The molecule has 2 aromatic heterocycles. The summed E-state index contributed by atoms with van der Waals surface area (Å²) < 4.78 is 14.4. The van der Waals surface area contributed by atoms with Crippen LogP contribution in [0.4, 0.5) is 0 Å². The van der Waals surface area contributed by atoms with Crippen LogP contribution in [0.5, 0.6) is 5.75 Å². The van der Waals surface area contributed by atoms with E-state index in [1.165, 1.54) is 5.01 Å². The van der Waals surface area contributed by atoms with Crippen LogP contribution in [0, 0.1) is 11.3 Å². The highest BCUT2D eigenvalue weighted by atomic mass is 16.5. The second-order valence-corrected chi connectivity index (χ2v) is 17.6. The number of hydrazine groups is 1.